The first-order valence-electron chi connectivity index (χ1n) is 4.67. The van der Waals surface area contributed by atoms with E-state index in [9.17, 15) is 8.42 Å². The molecule has 0 fully saturated rings. The van der Waals surface area contributed by atoms with Crippen molar-refractivity contribution in [2.75, 3.05) is 5.75 Å². The molecule has 1 aliphatic heterocycles. The molecular formula is C11H14O2S. The normalized spacial score (nSPS) is 21.9. The Morgan fingerprint density at radius 1 is 1.29 bits per heavy atom. The second-order valence-corrected chi connectivity index (χ2v) is 6.55. The zero-order valence-electron chi connectivity index (χ0n) is 8.66. The number of benzene rings is 1. The van der Waals surface area contributed by atoms with Gasteiger partial charge in [0.2, 0.25) is 0 Å². The van der Waals surface area contributed by atoms with Crippen LogP contribution in [0.15, 0.2) is 23.1 Å². The quantitative estimate of drug-likeness (QED) is 0.657. The maximum Gasteiger partial charge on any atom is 0.179 e. The highest BCUT2D eigenvalue weighted by Crippen LogP contribution is 2.40. The van der Waals surface area contributed by atoms with Gasteiger partial charge in [0.25, 0.3) is 0 Å². The van der Waals surface area contributed by atoms with Crippen LogP contribution in [0.1, 0.15) is 25.0 Å². The molecule has 0 amide bonds. The zero-order valence-corrected chi connectivity index (χ0v) is 9.48. The van der Waals surface area contributed by atoms with Gasteiger partial charge in [-0.25, -0.2) is 8.42 Å². The molecule has 76 valence electrons. The lowest BCUT2D eigenvalue weighted by Crippen LogP contribution is -2.19. The Bertz CT molecular complexity index is 484. The van der Waals surface area contributed by atoms with E-state index >= 15 is 0 Å². The van der Waals surface area contributed by atoms with Gasteiger partial charge in [-0.1, -0.05) is 26.0 Å². The summed E-state index contributed by atoms with van der Waals surface area (Å²) in [5.74, 6) is 0.236. The van der Waals surface area contributed by atoms with Crippen molar-refractivity contribution in [3.63, 3.8) is 0 Å². The second-order valence-electron chi connectivity index (χ2n) is 4.59. The van der Waals surface area contributed by atoms with E-state index in [1.807, 2.05) is 32.9 Å². The molecule has 0 bridgehead atoms. The van der Waals surface area contributed by atoms with Gasteiger partial charge in [-0.3, -0.25) is 0 Å². The fourth-order valence-electron chi connectivity index (χ4n) is 2.39. The standard InChI is InChI=1S/C11H14O2S/c1-8-5-4-6-9-10(8)11(2,3)7-14(9,12)13/h4-6H,7H2,1-3H3. The number of sulfone groups is 1. The summed E-state index contributed by atoms with van der Waals surface area (Å²) < 4.78 is 23.6. The van der Waals surface area contributed by atoms with Gasteiger partial charge < -0.3 is 0 Å². The maximum absolute atomic E-state index is 11.8. The lowest BCUT2D eigenvalue weighted by Gasteiger charge is -2.18. The third-order valence-electron chi connectivity index (χ3n) is 2.80. The monoisotopic (exact) mass is 210 g/mol. The van der Waals surface area contributed by atoms with Crippen LogP contribution in [-0.4, -0.2) is 14.2 Å². The lowest BCUT2D eigenvalue weighted by molar-refractivity contribution is 0.571. The van der Waals surface area contributed by atoms with E-state index in [2.05, 4.69) is 0 Å². The summed E-state index contributed by atoms with van der Waals surface area (Å²) in [5.41, 5.74) is 1.84. The summed E-state index contributed by atoms with van der Waals surface area (Å²) in [4.78, 5) is 0.530. The van der Waals surface area contributed by atoms with Gasteiger partial charge in [-0.2, -0.15) is 0 Å². The number of aryl methyl sites for hydroxylation is 1. The smallest absolute Gasteiger partial charge is 0.179 e. The Morgan fingerprint density at radius 2 is 1.93 bits per heavy atom. The lowest BCUT2D eigenvalue weighted by atomic mass is 9.84. The van der Waals surface area contributed by atoms with Crippen molar-refractivity contribution >= 4 is 9.84 Å². The van der Waals surface area contributed by atoms with Crippen molar-refractivity contribution in [3.8, 4) is 0 Å². The number of rotatable bonds is 0. The van der Waals surface area contributed by atoms with E-state index in [4.69, 9.17) is 0 Å². The first-order chi connectivity index (χ1) is 6.34. The second kappa shape index (κ2) is 2.60. The molecule has 1 aromatic rings. The van der Waals surface area contributed by atoms with Gasteiger partial charge in [0, 0.05) is 5.41 Å². The molecule has 0 aliphatic carbocycles. The van der Waals surface area contributed by atoms with Gasteiger partial charge >= 0.3 is 0 Å². The Labute approximate surface area is 84.9 Å². The average Bonchev–Trinajstić information content (AvgIpc) is 2.18. The molecule has 0 unspecified atom stereocenters. The molecule has 0 atom stereocenters. The highest BCUT2D eigenvalue weighted by molar-refractivity contribution is 7.91. The molecule has 0 saturated carbocycles. The van der Waals surface area contributed by atoms with Crippen LogP contribution in [0.5, 0.6) is 0 Å². The van der Waals surface area contributed by atoms with Gasteiger partial charge in [0.15, 0.2) is 9.84 Å². The first-order valence-corrected chi connectivity index (χ1v) is 6.33. The van der Waals surface area contributed by atoms with Crippen LogP contribution in [0.3, 0.4) is 0 Å². The van der Waals surface area contributed by atoms with Gasteiger partial charge in [-0.05, 0) is 24.1 Å². The summed E-state index contributed by atoms with van der Waals surface area (Å²) in [6.45, 7) is 5.95. The summed E-state index contributed by atoms with van der Waals surface area (Å²) in [5, 5.41) is 0. The van der Waals surface area contributed by atoms with Crippen molar-refractivity contribution in [2.45, 2.75) is 31.1 Å². The van der Waals surface area contributed by atoms with E-state index in [1.54, 1.807) is 6.07 Å². The summed E-state index contributed by atoms with van der Waals surface area (Å²) in [7, 11) is -3.04. The first kappa shape index (κ1) is 9.71. The molecule has 3 heteroatoms. The molecule has 0 N–H and O–H groups in total. The Balaban J connectivity index is 2.86. The highest BCUT2D eigenvalue weighted by atomic mass is 32.2. The van der Waals surface area contributed by atoms with Crippen LogP contribution in [0.4, 0.5) is 0 Å². The predicted molar refractivity (Wildman–Crippen MR) is 56.3 cm³/mol. The molecule has 0 spiro atoms. The number of fused-ring (bicyclic) bond motifs is 1. The van der Waals surface area contributed by atoms with E-state index in [1.165, 1.54) is 0 Å². The molecule has 2 nitrogen and oxygen atoms in total. The highest BCUT2D eigenvalue weighted by Gasteiger charge is 2.41. The molecule has 0 saturated heterocycles. The minimum Gasteiger partial charge on any atom is -0.224 e. The van der Waals surface area contributed by atoms with Crippen molar-refractivity contribution in [1.29, 1.82) is 0 Å². The van der Waals surface area contributed by atoms with Crippen molar-refractivity contribution in [1.82, 2.24) is 0 Å². The van der Waals surface area contributed by atoms with Gasteiger partial charge in [0.1, 0.15) is 0 Å². The van der Waals surface area contributed by atoms with Crippen LogP contribution in [0.25, 0.3) is 0 Å². The van der Waals surface area contributed by atoms with Crippen LogP contribution >= 0.6 is 0 Å². The number of hydrogen-bond donors (Lipinski definition) is 0. The largest absolute Gasteiger partial charge is 0.224 e. The molecule has 2 rings (SSSR count). The number of hydrogen-bond acceptors (Lipinski definition) is 2. The molecule has 0 radical (unpaired) electrons. The van der Waals surface area contributed by atoms with Crippen LogP contribution in [-0.2, 0) is 15.3 Å². The topological polar surface area (TPSA) is 34.1 Å². The third kappa shape index (κ3) is 1.19. The third-order valence-corrected chi connectivity index (χ3v) is 4.91. The zero-order chi connectivity index (χ0) is 10.6. The van der Waals surface area contributed by atoms with Crippen molar-refractivity contribution in [3.05, 3.63) is 29.3 Å². The molecule has 1 aromatic carbocycles. The molecule has 1 heterocycles. The van der Waals surface area contributed by atoms with Gasteiger partial charge in [-0.15, -0.1) is 0 Å². The summed E-state index contributed by atoms with van der Waals surface area (Å²) in [6.07, 6.45) is 0. The predicted octanol–water partition coefficient (Wildman–Crippen LogP) is 2.06. The maximum atomic E-state index is 11.8. The summed E-state index contributed by atoms with van der Waals surface area (Å²) in [6, 6.07) is 5.50. The van der Waals surface area contributed by atoms with Crippen LogP contribution in [0, 0.1) is 6.92 Å². The van der Waals surface area contributed by atoms with E-state index < -0.39 is 9.84 Å². The minimum atomic E-state index is -3.04. The van der Waals surface area contributed by atoms with E-state index in [0.717, 1.165) is 11.1 Å². The van der Waals surface area contributed by atoms with E-state index in [0.29, 0.717) is 4.90 Å². The molecule has 1 aliphatic rings. The van der Waals surface area contributed by atoms with E-state index in [-0.39, 0.29) is 11.2 Å². The SMILES string of the molecule is Cc1cccc2c1C(C)(C)CS2(=O)=O. The molecular weight excluding hydrogens is 196 g/mol. The van der Waals surface area contributed by atoms with Crippen LogP contribution in [0.2, 0.25) is 0 Å². The van der Waals surface area contributed by atoms with Crippen molar-refractivity contribution < 1.29 is 8.42 Å². The molecule has 0 aromatic heterocycles. The minimum absolute atomic E-state index is 0.236. The fraction of sp³-hybridized carbons (Fsp3) is 0.455. The summed E-state index contributed by atoms with van der Waals surface area (Å²) >= 11 is 0. The Hall–Kier alpha value is -0.830. The molecule has 14 heavy (non-hydrogen) atoms. The fourth-order valence-corrected chi connectivity index (χ4v) is 4.68. The Morgan fingerprint density at radius 3 is 2.50 bits per heavy atom. The average molecular weight is 210 g/mol. The van der Waals surface area contributed by atoms with Gasteiger partial charge in [0.05, 0.1) is 10.6 Å². The van der Waals surface area contributed by atoms with Crippen LogP contribution < -0.4 is 0 Å². The Kier molecular flexibility index (Phi) is 1.80. The van der Waals surface area contributed by atoms with Crippen molar-refractivity contribution in [2.24, 2.45) is 0 Å².